The quantitative estimate of drug-likeness (QED) is 0.633. The van der Waals surface area contributed by atoms with Crippen LogP contribution in [0.1, 0.15) is 13.3 Å². The van der Waals surface area contributed by atoms with Crippen molar-refractivity contribution >= 4 is 11.9 Å². The largest absolute Gasteiger partial charge is 0.469 e. The zero-order chi connectivity index (χ0) is 13.5. The van der Waals surface area contributed by atoms with E-state index < -0.39 is 0 Å². The Labute approximate surface area is 108 Å². The van der Waals surface area contributed by atoms with E-state index in [1.807, 2.05) is 0 Å². The Morgan fingerprint density at radius 2 is 1.83 bits per heavy atom. The summed E-state index contributed by atoms with van der Waals surface area (Å²) in [6, 6.07) is 0.287. The van der Waals surface area contributed by atoms with Gasteiger partial charge < -0.3 is 9.47 Å². The first kappa shape index (κ1) is 14.9. The molecule has 6 nitrogen and oxygen atoms in total. The van der Waals surface area contributed by atoms with Crippen LogP contribution in [0.25, 0.3) is 0 Å². The molecule has 0 bridgehead atoms. The highest BCUT2D eigenvalue weighted by atomic mass is 16.5. The molecule has 104 valence electrons. The average Bonchev–Trinajstić information content (AvgIpc) is 2.38. The fourth-order valence-electron chi connectivity index (χ4n) is 2.09. The van der Waals surface area contributed by atoms with Gasteiger partial charge in [-0.15, -0.1) is 0 Å². The maximum atomic E-state index is 11.2. The van der Waals surface area contributed by atoms with Gasteiger partial charge in [-0.25, -0.2) is 0 Å². The van der Waals surface area contributed by atoms with Gasteiger partial charge in [-0.3, -0.25) is 19.4 Å². The Morgan fingerprint density at radius 1 is 1.17 bits per heavy atom. The maximum Gasteiger partial charge on any atom is 0.319 e. The molecule has 0 aromatic carbocycles. The molecule has 0 aromatic rings. The van der Waals surface area contributed by atoms with Crippen LogP contribution in [-0.4, -0.2) is 74.7 Å². The van der Waals surface area contributed by atoms with E-state index in [9.17, 15) is 9.59 Å². The molecule has 1 aliphatic rings. The predicted octanol–water partition coefficient (Wildman–Crippen LogP) is -0.271. The lowest BCUT2D eigenvalue weighted by Gasteiger charge is -2.39. The van der Waals surface area contributed by atoms with Crippen molar-refractivity contribution in [2.24, 2.45) is 0 Å². The van der Waals surface area contributed by atoms with Crippen LogP contribution >= 0.6 is 0 Å². The van der Waals surface area contributed by atoms with Gasteiger partial charge in [-0.1, -0.05) is 0 Å². The molecule has 1 fully saturated rings. The average molecular weight is 258 g/mol. The smallest absolute Gasteiger partial charge is 0.319 e. The number of piperazine rings is 1. The van der Waals surface area contributed by atoms with Gasteiger partial charge in [0.05, 0.1) is 27.2 Å². The first-order valence-corrected chi connectivity index (χ1v) is 6.17. The minimum atomic E-state index is -0.204. The first-order valence-electron chi connectivity index (χ1n) is 6.17. The molecule has 0 aromatic heterocycles. The summed E-state index contributed by atoms with van der Waals surface area (Å²) >= 11 is 0. The van der Waals surface area contributed by atoms with Crippen molar-refractivity contribution in [1.82, 2.24) is 9.80 Å². The monoisotopic (exact) mass is 258 g/mol. The lowest BCUT2D eigenvalue weighted by molar-refractivity contribution is -0.143. The van der Waals surface area contributed by atoms with Gasteiger partial charge in [-0.2, -0.15) is 0 Å². The SMILES string of the molecule is COC(=O)CCN1CCN(CC(=O)OC)C(C)C1. The van der Waals surface area contributed by atoms with E-state index in [0.29, 0.717) is 19.5 Å². The van der Waals surface area contributed by atoms with Gasteiger partial charge in [0.2, 0.25) is 0 Å². The molecule has 0 spiro atoms. The van der Waals surface area contributed by atoms with Gasteiger partial charge >= 0.3 is 11.9 Å². The topological polar surface area (TPSA) is 59.1 Å². The van der Waals surface area contributed by atoms with Crippen molar-refractivity contribution < 1.29 is 19.1 Å². The third kappa shape index (κ3) is 4.62. The van der Waals surface area contributed by atoms with Crippen molar-refractivity contribution in [3.8, 4) is 0 Å². The van der Waals surface area contributed by atoms with Crippen LogP contribution in [0, 0.1) is 0 Å². The molecule has 1 saturated heterocycles. The molecule has 1 atom stereocenters. The molecule has 1 aliphatic heterocycles. The molecular weight excluding hydrogens is 236 g/mol. The zero-order valence-electron chi connectivity index (χ0n) is 11.3. The summed E-state index contributed by atoms with van der Waals surface area (Å²) in [5.74, 6) is -0.385. The highest BCUT2D eigenvalue weighted by Gasteiger charge is 2.25. The number of methoxy groups -OCH3 is 2. The Hall–Kier alpha value is -1.14. The van der Waals surface area contributed by atoms with Crippen LogP contribution in [-0.2, 0) is 19.1 Å². The molecule has 1 unspecified atom stereocenters. The molecule has 18 heavy (non-hydrogen) atoms. The number of carbonyl (C=O) groups excluding carboxylic acids is 2. The van der Waals surface area contributed by atoms with Gasteiger partial charge in [0.25, 0.3) is 0 Å². The molecule has 0 aliphatic carbocycles. The van der Waals surface area contributed by atoms with E-state index in [1.54, 1.807) is 0 Å². The Morgan fingerprint density at radius 3 is 2.39 bits per heavy atom. The molecule has 0 saturated carbocycles. The van der Waals surface area contributed by atoms with Crippen molar-refractivity contribution in [2.75, 3.05) is 46.9 Å². The number of rotatable bonds is 5. The van der Waals surface area contributed by atoms with E-state index in [1.165, 1.54) is 14.2 Å². The maximum absolute atomic E-state index is 11.2. The fraction of sp³-hybridized carbons (Fsp3) is 0.833. The van der Waals surface area contributed by atoms with E-state index >= 15 is 0 Å². The highest BCUT2D eigenvalue weighted by Crippen LogP contribution is 2.09. The lowest BCUT2D eigenvalue weighted by atomic mass is 10.2. The Kier molecular flexibility index (Phi) is 6.07. The fourth-order valence-corrected chi connectivity index (χ4v) is 2.09. The minimum Gasteiger partial charge on any atom is -0.469 e. The Balaban J connectivity index is 2.31. The van der Waals surface area contributed by atoms with Gasteiger partial charge in [0.15, 0.2) is 0 Å². The summed E-state index contributed by atoms with van der Waals surface area (Å²) < 4.78 is 9.29. The van der Waals surface area contributed by atoms with E-state index in [-0.39, 0.29) is 18.0 Å². The van der Waals surface area contributed by atoms with Gasteiger partial charge in [0, 0.05) is 32.2 Å². The van der Waals surface area contributed by atoms with E-state index in [4.69, 9.17) is 0 Å². The van der Waals surface area contributed by atoms with Crippen LogP contribution in [0.4, 0.5) is 0 Å². The standard InChI is InChI=1S/C12H22N2O4/c1-10-8-13(5-4-11(15)17-2)6-7-14(10)9-12(16)18-3/h10H,4-9H2,1-3H3. The van der Waals surface area contributed by atoms with Crippen molar-refractivity contribution in [1.29, 1.82) is 0 Å². The Bertz CT molecular complexity index is 296. The van der Waals surface area contributed by atoms with Crippen LogP contribution in [0.5, 0.6) is 0 Å². The summed E-state index contributed by atoms with van der Waals surface area (Å²) in [7, 11) is 2.80. The summed E-state index contributed by atoms with van der Waals surface area (Å²) in [6.45, 7) is 5.66. The number of hydrogen-bond donors (Lipinski definition) is 0. The second kappa shape index (κ2) is 7.33. The van der Waals surface area contributed by atoms with E-state index in [2.05, 4.69) is 26.2 Å². The second-order valence-corrected chi connectivity index (χ2v) is 4.52. The second-order valence-electron chi connectivity index (χ2n) is 4.52. The number of ether oxygens (including phenoxy) is 2. The first-order chi connectivity index (χ1) is 8.56. The summed E-state index contributed by atoms with van der Waals surface area (Å²) in [5.41, 5.74) is 0. The van der Waals surface area contributed by atoms with Crippen molar-refractivity contribution in [2.45, 2.75) is 19.4 Å². The number of esters is 2. The molecule has 0 radical (unpaired) electrons. The summed E-state index contributed by atoms with van der Waals surface area (Å²) in [6.07, 6.45) is 0.417. The van der Waals surface area contributed by atoms with Crippen LogP contribution in [0.2, 0.25) is 0 Å². The predicted molar refractivity (Wildman–Crippen MR) is 66.1 cm³/mol. The molecule has 6 heteroatoms. The molecule has 1 rings (SSSR count). The van der Waals surface area contributed by atoms with Crippen LogP contribution in [0.3, 0.4) is 0 Å². The summed E-state index contributed by atoms with van der Waals surface area (Å²) in [5, 5.41) is 0. The third-order valence-electron chi connectivity index (χ3n) is 3.27. The minimum absolute atomic E-state index is 0.181. The van der Waals surface area contributed by atoms with Crippen molar-refractivity contribution in [3.05, 3.63) is 0 Å². The van der Waals surface area contributed by atoms with Crippen LogP contribution in [0.15, 0.2) is 0 Å². The molecular formula is C12H22N2O4. The van der Waals surface area contributed by atoms with E-state index in [0.717, 1.165) is 19.6 Å². The van der Waals surface area contributed by atoms with Gasteiger partial charge in [0.1, 0.15) is 0 Å². The molecule has 0 amide bonds. The number of carbonyl (C=O) groups is 2. The molecule has 1 heterocycles. The molecule has 0 N–H and O–H groups in total. The van der Waals surface area contributed by atoms with Crippen molar-refractivity contribution in [3.63, 3.8) is 0 Å². The number of hydrogen-bond acceptors (Lipinski definition) is 6. The van der Waals surface area contributed by atoms with Crippen LogP contribution < -0.4 is 0 Å². The number of nitrogens with zero attached hydrogens (tertiary/aromatic N) is 2. The van der Waals surface area contributed by atoms with Gasteiger partial charge in [-0.05, 0) is 6.92 Å². The highest BCUT2D eigenvalue weighted by molar-refractivity contribution is 5.71. The third-order valence-corrected chi connectivity index (χ3v) is 3.27. The zero-order valence-corrected chi connectivity index (χ0v) is 11.3. The lowest BCUT2D eigenvalue weighted by Crippen LogP contribution is -2.53. The summed E-state index contributed by atoms with van der Waals surface area (Å²) in [4.78, 5) is 26.6. The normalized spacial score (nSPS) is 21.6.